The van der Waals surface area contributed by atoms with Crippen LogP contribution in [0.2, 0.25) is 0 Å². The minimum atomic E-state index is -0.187. The SMILES string of the molecule is CC(C)(C)NC(=O)CCCCCCCCCC(=O)C(C)(C)C. The minimum Gasteiger partial charge on any atom is -0.352 e. The number of hydrogen-bond donors (Lipinski definition) is 1. The summed E-state index contributed by atoms with van der Waals surface area (Å²) in [5.74, 6) is 0.533. The van der Waals surface area contributed by atoms with Crippen LogP contribution in [-0.4, -0.2) is 17.2 Å². The molecule has 0 aliphatic heterocycles. The van der Waals surface area contributed by atoms with E-state index < -0.39 is 0 Å². The number of nitrogens with one attached hydrogen (secondary N) is 1. The molecule has 22 heavy (non-hydrogen) atoms. The summed E-state index contributed by atoms with van der Waals surface area (Å²) in [6, 6.07) is 0. The molecule has 3 heteroatoms. The van der Waals surface area contributed by atoms with Gasteiger partial charge in [-0.25, -0.2) is 0 Å². The molecule has 3 nitrogen and oxygen atoms in total. The first-order valence-corrected chi connectivity index (χ1v) is 8.87. The molecule has 130 valence electrons. The molecule has 0 spiro atoms. The fourth-order valence-corrected chi connectivity index (χ4v) is 2.31. The summed E-state index contributed by atoms with van der Waals surface area (Å²) in [7, 11) is 0. The Morgan fingerprint density at radius 1 is 0.682 bits per heavy atom. The zero-order valence-corrected chi connectivity index (χ0v) is 15.7. The fraction of sp³-hybridized carbons (Fsp3) is 0.895. The van der Waals surface area contributed by atoms with Gasteiger partial charge in [0, 0.05) is 23.8 Å². The Morgan fingerprint density at radius 3 is 1.50 bits per heavy atom. The van der Waals surface area contributed by atoms with Gasteiger partial charge in [0.05, 0.1) is 0 Å². The van der Waals surface area contributed by atoms with Crippen LogP contribution in [0.5, 0.6) is 0 Å². The first-order valence-electron chi connectivity index (χ1n) is 8.87. The molecule has 0 rings (SSSR count). The van der Waals surface area contributed by atoms with Gasteiger partial charge in [-0.3, -0.25) is 9.59 Å². The molecule has 0 saturated heterocycles. The number of hydrogen-bond acceptors (Lipinski definition) is 2. The second kappa shape index (κ2) is 10.0. The van der Waals surface area contributed by atoms with E-state index in [1.807, 2.05) is 41.5 Å². The fourth-order valence-electron chi connectivity index (χ4n) is 2.31. The van der Waals surface area contributed by atoms with E-state index in [1.165, 1.54) is 19.3 Å². The van der Waals surface area contributed by atoms with Crippen LogP contribution in [0, 0.1) is 5.41 Å². The second-order valence-corrected chi connectivity index (χ2v) is 8.45. The molecule has 1 N–H and O–H groups in total. The predicted octanol–water partition coefficient (Wildman–Crippen LogP) is 5.03. The Morgan fingerprint density at radius 2 is 1.09 bits per heavy atom. The van der Waals surface area contributed by atoms with E-state index in [0.717, 1.165) is 32.1 Å². The molecule has 0 aromatic heterocycles. The molecule has 0 unspecified atom stereocenters. The van der Waals surface area contributed by atoms with Crippen molar-refractivity contribution in [1.29, 1.82) is 0 Å². The van der Waals surface area contributed by atoms with Gasteiger partial charge in [-0.05, 0) is 33.6 Å². The maximum Gasteiger partial charge on any atom is 0.220 e. The number of carbonyl (C=O) groups excluding carboxylic acids is 2. The summed E-state index contributed by atoms with van der Waals surface area (Å²) in [5.41, 5.74) is -0.310. The van der Waals surface area contributed by atoms with Crippen LogP contribution in [0.25, 0.3) is 0 Å². The van der Waals surface area contributed by atoms with E-state index in [4.69, 9.17) is 0 Å². The summed E-state index contributed by atoms with van der Waals surface area (Å²) >= 11 is 0. The van der Waals surface area contributed by atoms with E-state index in [2.05, 4.69) is 5.32 Å². The molecule has 0 fully saturated rings. The van der Waals surface area contributed by atoms with Gasteiger partial charge >= 0.3 is 0 Å². The van der Waals surface area contributed by atoms with Crippen molar-refractivity contribution in [2.45, 2.75) is 105 Å². The minimum absolute atomic E-state index is 0.123. The Labute approximate surface area is 137 Å². The Hall–Kier alpha value is -0.860. The molecular weight excluding hydrogens is 274 g/mol. The van der Waals surface area contributed by atoms with Crippen LogP contribution >= 0.6 is 0 Å². The van der Waals surface area contributed by atoms with Gasteiger partial charge in [0.15, 0.2) is 0 Å². The lowest BCUT2D eigenvalue weighted by molar-refractivity contribution is -0.126. The smallest absolute Gasteiger partial charge is 0.220 e. The highest BCUT2D eigenvalue weighted by atomic mass is 16.1. The molecule has 0 aromatic rings. The summed E-state index contributed by atoms with van der Waals surface area (Å²) in [6.45, 7) is 12.0. The van der Waals surface area contributed by atoms with Gasteiger partial charge in [-0.15, -0.1) is 0 Å². The molecule has 0 aliphatic rings. The molecule has 0 atom stereocenters. The second-order valence-electron chi connectivity index (χ2n) is 8.45. The van der Waals surface area contributed by atoms with Crippen molar-refractivity contribution in [2.24, 2.45) is 5.41 Å². The highest BCUT2D eigenvalue weighted by Crippen LogP contribution is 2.19. The van der Waals surface area contributed by atoms with Crippen molar-refractivity contribution in [1.82, 2.24) is 5.32 Å². The number of carbonyl (C=O) groups is 2. The van der Waals surface area contributed by atoms with E-state index in [0.29, 0.717) is 12.2 Å². The molecule has 0 aliphatic carbocycles. The molecule has 0 radical (unpaired) electrons. The number of amides is 1. The number of unbranched alkanes of at least 4 members (excludes halogenated alkanes) is 6. The average Bonchev–Trinajstić information content (AvgIpc) is 2.33. The third-order valence-corrected chi connectivity index (χ3v) is 3.66. The average molecular weight is 312 g/mol. The molecule has 0 heterocycles. The van der Waals surface area contributed by atoms with Gasteiger partial charge in [0.1, 0.15) is 5.78 Å². The standard InChI is InChI=1S/C19H37NO2/c1-18(2,3)16(21)14-12-10-8-7-9-11-13-15-17(22)20-19(4,5)6/h7-15H2,1-6H3,(H,20,22). The quantitative estimate of drug-likeness (QED) is 0.575. The highest BCUT2D eigenvalue weighted by Gasteiger charge is 2.19. The third-order valence-electron chi connectivity index (χ3n) is 3.66. The lowest BCUT2D eigenvalue weighted by Crippen LogP contribution is -2.40. The normalized spacial score (nSPS) is 12.3. The zero-order valence-electron chi connectivity index (χ0n) is 15.7. The Balaban J connectivity index is 3.41. The number of rotatable bonds is 10. The number of Topliss-reactive ketones (excluding diaryl/α,β-unsaturated/α-hetero) is 1. The van der Waals surface area contributed by atoms with Crippen LogP contribution in [0.4, 0.5) is 0 Å². The number of ketones is 1. The van der Waals surface area contributed by atoms with E-state index in [9.17, 15) is 9.59 Å². The summed E-state index contributed by atoms with van der Waals surface area (Å²) < 4.78 is 0. The van der Waals surface area contributed by atoms with Crippen molar-refractivity contribution in [3.05, 3.63) is 0 Å². The molecular formula is C19H37NO2. The molecule has 0 aromatic carbocycles. The lowest BCUT2D eigenvalue weighted by Gasteiger charge is -2.20. The van der Waals surface area contributed by atoms with Crippen LogP contribution in [0.1, 0.15) is 99.3 Å². The monoisotopic (exact) mass is 311 g/mol. The van der Waals surface area contributed by atoms with Gasteiger partial charge in [0.2, 0.25) is 5.91 Å². The van der Waals surface area contributed by atoms with Crippen LogP contribution < -0.4 is 5.32 Å². The Kier molecular flexibility index (Phi) is 9.63. The lowest BCUT2D eigenvalue weighted by atomic mass is 9.88. The molecule has 0 saturated carbocycles. The van der Waals surface area contributed by atoms with Gasteiger partial charge in [-0.2, -0.15) is 0 Å². The van der Waals surface area contributed by atoms with E-state index >= 15 is 0 Å². The molecule has 0 bridgehead atoms. The van der Waals surface area contributed by atoms with E-state index in [-0.39, 0.29) is 16.9 Å². The van der Waals surface area contributed by atoms with Crippen molar-refractivity contribution < 1.29 is 9.59 Å². The highest BCUT2D eigenvalue weighted by molar-refractivity contribution is 5.83. The third kappa shape index (κ3) is 12.8. The zero-order chi connectivity index (χ0) is 17.2. The first kappa shape index (κ1) is 21.1. The molecule has 1 amide bonds. The topological polar surface area (TPSA) is 46.2 Å². The van der Waals surface area contributed by atoms with Gasteiger partial charge < -0.3 is 5.32 Å². The van der Waals surface area contributed by atoms with Crippen molar-refractivity contribution in [2.75, 3.05) is 0 Å². The van der Waals surface area contributed by atoms with Crippen LogP contribution in [0.15, 0.2) is 0 Å². The maximum absolute atomic E-state index is 11.8. The van der Waals surface area contributed by atoms with Crippen molar-refractivity contribution in [3.8, 4) is 0 Å². The summed E-state index contributed by atoms with van der Waals surface area (Å²) in [5, 5.41) is 2.99. The summed E-state index contributed by atoms with van der Waals surface area (Å²) in [6.07, 6.45) is 9.22. The van der Waals surface area contributed by atoms with Crippen LogP contribution in [0.3, 0.4) is 0 Å². The van der Waals surface area contributed by atoms with E-state index in [1.54, 1.807) is 0 Å². The largest absolute Gasteiger partial charge is 0.352 e. The Bertz CT molecular complexity index is 334. The first-order chi connectivity index (χ1) is 10.0. The predicted molar refractivity (Wildman–Crippen MR) is 93.9 cm³/mol. The van der Waals surface area contributed by atoms with Crippen LogP contribution in [-0.2, 0) is 9.59 Å². The van der Waals surface area contributed by atoms with Crippen molar-refractivity contribution in [3.63, 3.8) is 0 Å². The van der Waals surface area contributed by atoms with Crippen molar-refractivity contribution >= 4 is 11.7 Å². The maximum atomic E-state index is 11.8. The van der Waals surface area contributed by atoms with Gasteiger partial charge in [0.25, 0.3) is 0 Å². The summed E-state index contributed by atoms with van der Waals surface area (Å²) in [4.78, 5) is 23.4. The van der Waals surface area contributed by atoms with Gasteiger partial charge in [-0.1, -0.05) is 52.9 Å².